The van der Waals surface area contributed by atoms with E-state index in [2.05, 4.69) is 80.3 Å². The second kappa shape index (κ2) is 5.33. The van der Waals surface area contributed by atoms with Gasteiger partial charge in [0.15, 0.2) is 0 Å². The first-order valence-electron chi connectivity index (χ1n) is 5.74. The number of anilines is 1. The van der Waals surface area contributed by atoms with Gasteiger partial charge in [-0.05, 0) is 37.3 Å². The molecular formula is C15H18NP. The lowest BCUT2D eigenvalue weighted by atomic mass is 10.3. The maximum atomic E-state index is 2.31. The van der Waals surface area contributed by atoms with E-state index in [0.29, 0.717) is 0 Å². The summed E-state index contributed by atoms with van der Waals surface area (Å²) in [5.74, 6) is 0. The van der Waals surface area contributed by atoms with Crippen LogP contribution >= 0.6 is 7.92 Å². The van der Waals surface area contributed by atoms with E-state index in [1.54, 1.807) is 0 Å². The van der Waals surface area contributed by atoms with Crippen molar-refractivity contribution in [3.63, 3.8) is 0 Å². The van der Waals surface area contributed by atoms with Gasteiger partial charge in [-0.25, -0.2) is 0 Å². The van der Waals surface area contributed by atoms with Crippen LogP contribution in [0.5, 0.6) is 0 Å². The van der Waals surface area contributed by atoms with Crippen LogP contribution in [0.3, 0.4) is 0 Å². The monoisotopic (exact) mass is 243 g/mol. The molecule has 0 aliphatic heterocycles. The summed E-state index contributed by atoms with van der Waals surface area (Å²) in [6.45, 7) is 2.31. The minimum atomic E-state index is -0.221. The molecule has 2 heteroatoms. The van der Waals surface area contributed by atoms with E-state index in [9.17, 15) is 0 Å². The maximum absolute atomic E-state index is 2.31. The van der Waals surface area contributed by atoms with Gasteiger partial charge in [0.2, 0.25) is 0 Å². The molecule has 0 radical (unpaired) electrons. The van der Waals surface area contributed by atoms with Gasteiger partial charge in [-0.3, -0.25) is 0 Å². The normalized spacial score (nSPS) is 12.2. The maximum Gasteiger partial charge on any atom is 0.0361 e. The lowest BCUT2D eigenvalue weighted by molar-refractivity contribution is 1.13. The van der Waals surface area contributed by atoms with Crippen molar-refractivity contribution in [2.75, 3.05) is 25.7 Å². The Morgan fingerprint density at radius 1 is 0.765 bits per heavy atom. The highest BCUT2D eigenvalue weighted by molar-refractivity contribution is 7.72. The topological polar surface area (TPSA) is 3.24 Å². The summed E-state index contributed by atoms with van der Waals surface area (Å²) in [5.41, 5.74) is 1.25. The van der Waals surface area contributed by atoms with Crippen LogP contribution in [-0.4, -0.2) is 20.8 Å². The molecular weight excluding hydrogens is 225 g/mol. The Bertz CT molecular complexity index is 462. The predicted octanol–water partition coefficient (Wildman–Crippen LogP) is 2.82. The van der Waals surface area contributed by atoms with E-state index in [4.69, 9.17) is 0 Å². The Balaban J connectivity index is 2.23. The van der Waals surface area contributed by atoms with Gasteiger partial charge >= 0.3 is 0 Å². The molecule has 0 fully saturated rings. The number of hydrogen-bond donors (Lipinski definition) is 0. The van der Waals surface area contributed by atoms with Gasteiger partial charge < -0.3 is 4.90 Å². The largest absolute Gasteiger partial charge is 0.378 e. The zero-order chi connectivity index (χ0) is 12.3. The zero-order valence-electron chi connectivity index (χ0n) is 10.6. The van der Waals surface area contributed by atoms with Crippen LogP contribution in [0.25, 0.3) is 0 Å². The smallest absolute Gasteiger partial charge is 0.0361 e. The zero-order valence-corrected chi connectivity index (χ0v) is 11.5. The Morgan fingerprint density at radius 2 is 1.29 bits per heavy atom. The molecule has 1 atom stereocenters. The molecule has 0 aliphatic rings. The summed E-state index contributed by atoms with van der Waals surface area (Å²) in [5, 5.41) is 2.86. The third-order valence-corrected chi connectivity index (χ3v) is 5.04. The Morgan fingerprint density at radius 3 is 1.82 bits per heavy atom. The van der Waals surface area contributed by atoms with E-state index < -0.39 is 0 Å². The number of benzene rings is 2. The van der Waals surface area contributed by atoms with Crippen LogP contribution in [-0.2, 0) is 0 Å². The Hall–Kier alpha value is -1.33. The summed E-state index contributed by atoms with van der Waals surface area (Å²) in [7, 11) is 3.92. The molecule has 2 aromatic carbocycles. The SMILES string of the molecule is CN(C)c1ccc(P(C)c2ccccc2)cc1. The third-order valence-electron chi connectivity index (χ3n) is 2.90. The fraction of sp³-hybridized carbons (Fsp3) is 0.200. The quantitative estimate of drug-likeness (QED) is 0.749. The Labute approximate surface area is 105 Å². The van der Waals surface area contributed by atoms with Crippen molar-refractivity contribution < 1.29 is 0 Å². The van der Waals surface area contributed by atoms with Crippen LogP contribution in [0.2, 0.25) is 0 Å². The summed E-state index contributed by atoms with van der Waals surface area (Å²) in [4.78, 5) is 2.13. The van der Waals surface area contributed by atoms with E-state index in [1.807, 2.05) is 0 Å². The van der Waals surface area contributed by atoms with Gasteiger partial charge in [0.05, 0.1) is 0 Å². The second-order valence-electron chi connectivity index (χ2n) is 4.31. The molecule has 0 aromatic heterocycles. The average molecular weight is 243 g/mol. The lowest BCUT2D eigenvalue weighted by Gasteiger charge is -2.16. The molecule has 2 rings (SSSR count). The van der Waals surface area contributed by atoms with E-state index in [-0.39, 0.29) is 7.92 Å². The van der Waals surface area contributed by atoms with Crippen molar-refractivity contribution in [1.82, 2.24) is 0 Å². The van der Waals surface area contributed by atoms with Gasteiger partial charge in [0.1, 0.15) is 0 Å². The molecule has 0 amide bonds. The van der Waals surface area contributed by atoms with Crippen LogP contribution in [0.4, 0.5) is 5.69 Å². The molecule has 88 valence electrons. The number of hydrogen-bond acceptors (Lipinski definition) is 1. The molecule has 0 heterocycles. The molecule has 0 saturated heterocycles. The average Bonchev–Trinajstić information content (AvgIpc) is 2.39. The van der Waals surface area contributed by atoms with E-state index >= 15 is 0 Å². The fourth-order valence-corrected chi connectivity index (χ4v) is 3.29. The Kier molecular flexibility index (Phi) is 3.81. The first kappa shape index (κ1) is 12.1. The molecule has 0 bridgehead atoms. The van der Waals surface area contributed by atoms with Crippen molar-refractivity contribution in [3.8, 4) is 0 Å². The molecule has 0 N–H and O–H groups in total. The molecule has 1 unspecified atom stereocenters. The summed E-state index contributed by atoms with van der Waals surface area (Å²) < 4.78 is 0. The third kappa shape index (κ3) is 2.87. The van der Waals surface area contributed by atoms with E-state index in [0.717, 1.165) is 0 Å². The molecule has 0 spiro atoms. The fourth-order valence-electron chi connectivity index (χ4n) is 1.78. The second-order valence-corrected chi connectivity index (χ2v) is 6.46. The standard InChI is InChI=1S/C15H18NP/c1-16(2)13-9-11-15(12-10-13)17(3)14-7-5-4-6-8-14/h4-12H,1-3H3. The predicted molar refractivity (Wildman–Crippen MR) is 79.3 cm³/mol. The van der Waals surface area contributed by atoms with Gasteiger partial charge in [-0.2, -0.15) is 0 Å². The van der Waals surface area contributed by atoms with E-state index in [1.165, 1.54) is 16.3 Å². The van der Waals surface area contributed by atoms with Crippen molar-refractivity contribution in [3.05, 3.63) is 54.6 Å². The van der Waals surface area contributed by atoms with Crippen LogP contribution in [0, 0.1) is 0 Å². The van der Waals surface area contributed by atoms with Gasteiger partial charge in [0, 0.05) is 19.8 Å². The molecule has 0 saturated carbocycles. The lowest BCUT2D eigenvalue weighted by Crippen LogP contribution is -2.13. The highest BCUT2D eigenvalue weighted by Gasteiger charge is 2.07. The van der Waals surface area contributed by atoms with Gasteiger partial charge in [-0.1, -0.05) is 42.5 Å². The summed E-state index contributed by atoms with van der Waals surface area (Å²) in [6.07, 6.45) is 0. The van der Waals surface area contributed by atoms with Gasteiger partial charge in [0.25, 0.3) is 0 Å². The van der Waals surface area contributed by atoms with Crippen molar-refractivity contribution >= 4 is 24.2 Å². The van der Waals surface area contributed by atoms with Crippen molar-refractivity contribution in [2.45, 2.75) is 0 Å². The van der Waals surface area contributed by atoms with Gasteiger partial charge in [-0.15, -0.1) is 0 Å². The molecule has 1 nitrogen and oxygen atoms in total. The van der Waals surface area contributed by atoms with Crippen molar-refractivity contribution in [2.24, 2.45) is 0 Å². The molecule has 2 aromatic rings. The molecule has 0 aliphatic carbocycles. The highest BCUT2D eigenvalue weighted by atomic mass is 31.1. The minimum absolute atomic E-state index is 0.221. The minimum Gasteiger partial charge on any atom is -0.378 e. The number of nitrogens with zero attached hydrogens (tertiary/aromatic N) is 1. The van der Waals surface area contributed by atoms with Crippen LogP contribution < -0.4 is 15.5 Å². The first-order valence-corrected chi connectivity index (χ1v) is 7.53. The first-order chi connectivity index (χ1) is 8.18. The summed E-state index contributed by atoms with van der Waals surface area (Å²) >= 11 is 0. The van der Waals surface area contributed by atoms with Crippen LogP contribution in [0.15, 0.2) is 54.6 Å². The molecule has 17 heavy (non-hydrogen) atoms. The highest BCUT2D eigenvalue weighted by Crippen LogP contribution is 2.28. The van der Waals surface area contributed by atoms with Crippen molar-refractivity contribution in [1.29, 1.82) is 0 Å². The van der Waals surface area contributed by atoms with Crippen LogP contribution in [0.1, 0.15) is 0 Å². The summed E-state index contributed by atoms with van der Waals surface area (Å²) in [6, 6.07) is 19.6. The number of rotatable bonds is 3.